The van der Waals surface area contributed by atoms with Gasteiger partial charge in [-0.1, -0.05) is 33.1 Å². The summed E-state index contributed by atoms with van der Waals surface area (Å²) in [5, 5.41) is 6.51. The summed E-state index contributed by atoms with van der Waals surface area (Å²) in [6.45, 7) is 4.87. The molecule has 1 amide bonds. The number of halogens is 3. The van der Waals surface area contributed by atoms with Gasteiger partial charge in [0, 0.05) is 39.8 Å². The Kier molecular flexibility index (Phi) is 10.6. The van der Waals surface area contributed by atoms with E-state index in [0.29, 0.717) is 31.4 Å². The minimum atomic E-state index is -4.18. The lowest BCUT2D eigenvalue weighted by Gasteiger charge is -2.22. The van der Waals surface area contributed by atoms with Crippen molar-refractivity contribution in [3.8, 4) is 0 Å². The van der Waals surface area contributed by atoms with Crippen LogP contribution in [0, 0.1) is 5.92 Å². The maximum Gasteiger partial charge on any atom is 0.401 e. The SMILES string of the molecule is CCCCC(CC)CNC(=NCC(=O)N(C)C)NC1CCN(CC(F)(F)F)C1. The average Bonchev–Trinajstić information content (AvgIpc) is 3.03. The van der Waals surface area contributed by atoms with Crippen LogP contribution >= 0.6 is 0 Å². The molecule has 0 aromatic heterocycles. The highest BCUT2D eigenvalue weighted by molar-refractivity contribution is 5.85. The molecule has 0 radical (unpaired) electrons. The first kappa shape index (κ1) is 24.5. The van der Waals surface area contributed by atoms with Crippen LogP contribution in [-0.4, -0.2) is 80.7 Å². The Morgan fingerprint density at radius 2 is 2.04 bits per heavy atom. The van der Waals surface area contributed by atoms with Gasteiger partial charge in [-0.2, -0.15) is 13.2 Å². The zero-order valence-corrected chi connectivity index (χ0v) is 17.6. The van der Waals surface area contributed by atoms with Crippen LogP contribution in [0.5, 0.6) is 0 Å². The van der Waals surface area contributed by atoms with E-state index in [1.54, 1.807) is 14.1 Å². The maximum atomic E-state index is 12.6. The summed E-state index contributed by atoms with van der Waals surface area (Å²) < 4.78 is 37.8. The van der Waals surface area contributed by atoms with E-state index >= 15 is 0 Å². The Morgan fingerprint density at radius 1 is 1.32 bits per heavy atom. The van der Waals surface area contributed by atoms with E-state index in [0.717, 1.165) is 32.2 Å². The number of guanidine groups is 1. The van der Waals surface area contributed by atoms with Crippen LogP contribution < -0.4 is 10.6 Å². The Labute approximate surface area is 166 Å². The molecule has 0 aromatic rings. The van der Waals surface area contributed by atoms with Crippen LogP contribution in [0.2, 0.25) is 0 Å². The molecule has 0 aliphatic carbocycles. The number of unbranched alkanes of at least 4 members (excludes halogenated alkanes) is 1. The topological polar surface area (TPSA) is 60.0 Å². The fourth-order valence-corrected chi connectivity index (χ4v) is 3.17. The highest BCUT2D eigenvalue weighted by Crippen LogP contribution is 2.20. The summed E-state index contributed by atoms with van der Waals surface area (Å²) in [6, 6.07) is -0.112. The third-order valence-corrected chi connectivity index (χ3v) is 4.99. The summed E-state index contributed by atoms with van der Waals surface area (Å²) >= 11 is 0. The standard InChI is InChI=1S/C19H36F3N5O/c1-5-7-8-15(6-2)11-23-18(24-12-17(28)26(3)4)25-16-9-10-27(13-16)14-19(20,21)22/h15-16H,5-14H2,1-4H3,(H2,23,24,25). The van der Waals surface area contributed by atoms with Gasteiger partial charge in [0.2, 0.25) is 5.91 Å². The minimum Gasteiger partial charge on any atom is -0.356 e. The molecule has 1 saturated heterocycles. The number of carbonyl (C=O) groups excluding carboxylic acids is 1. The second kappa shape index (κ2) is 12.1. The third kappa shape index (κ3) is 10.1. The molecule has 2 unspecified atom stereocenters. The van der Waals surface area contributed by atoms with Crippen LogP contribution in [0.25, 0.3) is 0 Å². The van der Waals surface area contributed by atoms with Crippen LogP contribution in [0.15, 0.2) is 4.99 Å². The van der Waals surface area contributed by atoms with Gasteiger partial charge in [0.25, 0.3) is 0 Å². The van der Waals surface area contributed by atoms with Crippen molar-refractivity contribution in [3.63, 3.8) is 0 Å². The van der Waals surface area contributed by atoms with E-state index in [1.807, 2.05) is 0 Å². The number of hydrogen-bond acceptors (Lipinski definition) is 3. The van der Waals surface area contributed by atoms with Gasteiger partial charge < -0.3 is 15.5 Å². The Morgan fingerprint density at radius 3 is 2.61 bits per heavy atom. The normalized spacial score (nSPS) is 19.5. The van der Waals surface area contributed by atoms with Gasteiger partial charge in [-0.3, -0.25) is 9.69 Å². The van der Waals surface area contributed by atoms with Crippen LogP contribution in [0.4, 0.5) is 13.2 Å². The van der Waals surface area contributed by atoms with E-state index in [1.165, 1.54) is 9.80 Å². The molecule has 2 atom stereocenters. The van der Waals surface area contributed by atoms with Crippen molar-refractivity contribution in [1.29, 1.82) is 0 Å². The lowest BCUT2D eigenvalue weighted by Crippen LogP contribution is -2.46. The monoisotopic (exact) mass is 407 g/mol. The fourth-order valence-electron chi connectivity index (χ4n) is 3.17. The van der Waals surface area contributed by atoms with Crippen molar-refractivity contribution in [2.24, 2.45) is 10.9 Å². The number of nitrogens with one attached hydrogen (secondary N) is 2. The number of hydrogen-bond donors (Lipinski definition) is 2. The highest BCUT2D eigenvalue weighted by Gasteiger charge is 2.34. The summed E-state index contributed by atoms with van der Waals surface area (Å²) in [4.78, 5) is 19.1. The summed E-state index contributed by atoms with van der Waals surface area (Å²) in [5.41, 5.74) is 0. The number of amides is 1. The van der Waals surface area contributed by atoms with Crippen molar-refractivity contribution < 1.29 is 18.0 Å². The van der Waals surface area contributed by atoms with Gasteiger partial charge in [-0.25, -0.2) is 4.99 Å². The fraction of sp³-hybridized carbons (Fsp3) is 0.895. The molecule has 28 heavy (non-hydrogen) atoms. The van der Waals surface area contributed by atoms with E-state index in [-0.39, 0.29) is 18.5 Å². The lowest BCUT2D eigenvalue weighted by atomic mass is 9.99. The molecule has 1 fully saturated rings. The van der Waals surface area contributed by atoms with Crippen molar-refractivity contribution in [1.82, 2.24) is 20.4 Å². The van der Waals surface area contributed by atoms with Crippen molar-refractivity contribution >= 4 is 11.9 Å². The maximum absolute atomic E-state index is 12.6. The van der Waals surface area contributed by atoms with Crippen LogP contribution in [0.1, 0.15) is 46.0 Å². The Hall–Kier alpha value is -1.51. The first-order valence-electron chi connectivity index (χ1n) is 10.2. The first-order valence-corrected chi connectivity index (χ1v) is 10.2. The molecule has 1 rings (SSSR count). The predicted octanol–water partition coefficient (Wildman–Crippen LogP) is 2.46. The second-order valence-corrected chi connectivity index (χ2v) is 7.73. The number of rotatable bonds is 10. The number of likely N-dealkylation sites (N-methyl/N-ethyl adjacent to an activating group) is 1. The van der Waals surface area contributed by atoms with Crippen LogP contribution in [-0.2, 0) is 4.79 Å². The van der Waals surface area contributed by atoms with Gasteiger partial charge >= 0.3 is 6.18 Å². The molecule has 0 bridgehead atoms. The zero-order chi connectivity index (χ0) is 21.2. The number of likely N-dealkylation sites (tertiary alicyclic amines) is 1. The number of alkyl halides is 3. The largest absolute Gasteiger partial charge is 0.401 e. The number of aliphatic imine (C=N–C) groups is 1. The van der Waals surface area contributed by atoms with Crippen molar-refractivity contribution in [2.75, 3.05) is 46.8 Å². The quantitative estimate of drug-likeness (QED) is 0.431. The summed E-state index contributed by atoms with van der Waals surface area (Å²) in [7, 11) is 3.34. The third-order valence-electron chi connectivity index (χ3n) is 4.99. The van der Waals surface area contributed by atoms with E-state index in [4.69, 9.17) is 0 Å². The van der Waals surface area contributed by atoms with Crippen LogP contribution in [0.3, 0.4) is 0 Å². The molecule has 0 aromatic carbocycles. The lowest BCUT2D eigenvalue weighted by molar-refractivity contribution is -0.143. The molecule has 9 heteroatoms. The summed E-state index contributed by atoms with van der Waals surface area (Å²) in [6.07, 6.45) is 0.895. The second-order valence-electron chi connectivity index (χ2n) is 7.73. The molecular weight excluding hydrogens is 371 g/mol. The molecular formula is C19H36F3N5O. The van der Waals surface area contributed by atoms with Gasteiger partial charge in [-0.05, 0) is 18.8 Å². The van der Waals surface area contributed by atoms with Gasteiger partial charge in [0.15, 0.2) is 5.96 Å². The number of carbonyl (C=O) groups is 1. The van der Waals surface area contributed by atoms with E-state index in [2.05, 4.69) is 29.5 Å². The van der Waals surface area contributed by atoms with E-state index < -0.39 is 12.7 Å². The first-order chi connectivity index (χ1) is 13.1. The molecule has 0 saturated carbocycles. The molecule has 6 nitrogen and oxygen atoms in total. The Balaban J connectivity index is 2.65. The molecule has 1 aliphatic heterocycles. The highest BCUT2D eigenvalue weighted by atomic mass is 19.4. The smallest absolute Gasteiger partial charge is 0.356 e. The van der Waals surface area contributed by atoms with Gasteiger partial charge in [0.05, 0.1) is 6.54 Å². The summed E-state index contributed by atoms with van der Waals surface area (Å²) in [5.74, 6) is 0.884. The van der Waals surface area contributed by atoms with Crippen molar-refractivity contribution in [2.45, 2.75) is 58.2 Å². The average molecular weight is 408 g/mol. The van der Waals surface area contributed by atoms with Gasteiger partial charge in [-0.15, -0.1) is 0 Å². The van der Waals surface area contributed by atoms with Gasteiger partial charge in [0.1, 0.15) is 6.54 Å². The predicted molar refractivity (Wildman–Crippen MR) is 106 cm³/mol. The molecule has 1 aliphatic rings. The Bertz CT molecular complexity index is 496. The molecule has 1 heterocycles. The van der Waals surface area contributed by atoms with Crippen molar-refractivity contribution in [3.05, 3.63) is 0 Å². The number of nitrogens with zero attached hydrogens (tertiary/aromatic N) is 3. The zero-order valence-electron chi connectivity index (χ0n) is 17.6. The molecule has 164 valence electrons. The van der Waals surface area contributed by atoms with E-state index in [9.17, 15) is 18.0 Å². The molecule has 2 N–H and O–H groups in total. The molecule has 0 spiro atoms. The minimum absolute atomic E-state index is 0.00701.